The van der Waals surface area contributed by atoms with Gasteiger partial charge in [0.25, 0.3) is 11.8 Å². The Morgan fingerprint density at radius 2 is 1.95 bits per heavy atom. The van der Waals surface area contributed by atoms with E-state index in [1.54, 1.807) is 15.6 Å². The molecule has 12 heteroatoms. The molecule has 1 aliphatic carbocycles. The zero-order valence-electron chi connectivity index (χ0n) is 21.0. The molecular formula is C26H24ClN7O3S. The molecular weight excluding hydrogens is 526 g/mol. The maximum absolute atomic E-state index is 13.4. The number of ether oxygens (including phenoxy) is 1. The lowest BCUT2D eigenvalue weighted by atomic mass is 10.0. The number of pyridine rings is 2. The first-order valence-electron chi connectivity index (χ1n) is 12.1. The average molecular weight is 550 g/mol. The maximum atomic E-state index is 13.4. The first kappa shape index (κ1) is 24.5. The van der Waals surface area contributed by atoms with E-state index >= 15 is 0 Å². The second kappa shape index (κ2) is 9.48. The van der Waals surface area contributed by atoms with Crippen molar-refractivity contribution in [3.63, 3.8) is 0 Å². The summed E-state index contributed by atoms with van der Waals surface area (Å²) >= 11 is 7.52. The monoisotopic (exact) mass is 549 g/mol. The van der Waals surface area contributed by atoms with E-state index in [4.69, 9.17) is 16.3 Å². The Kier molecular flexibility index (Phi) is 6.11. The topological polar surface area (TPSA) is 115 Å². The third kappa shape index (κ3) is 4.21. The zero-order valence-corrected chi connectivity index (χ0v) is 22.6. The lowest BCUT2D eigenvalue weighted by Crippen LogP contribution is -2.28. The standard InChI is InChI=1S/C26H24ClN7O3S/c1-13-7-15(16-8-22(27)29-10-20(16)37-3)17(9-28-13)24(35)31-26-30-19-11-34(12-21(19)38-26)25(36)23-14-5-4-6-18(14)32-33(23)2/h7-10H,4-6,11-12H2,1-3H3,(H,30,31,35). The molecule has 4 aromatic rings. The molecule has 0 fully saturated rings. The van der Waals surface area contributed by atoms with Crippen LogP contribution in [0.1, 0.15) is 54.8 Å². The van der Waals surface area contributed by atoms with Gasteiger partial charge in [-0.1, -0.05) is 22.9 Å². The molecule has 1 aliphatic heterocycles. The number of halogens is 1. The van der Waals surface area contributed by atoms with Crippen molar-refractivity contribution in [2.45, 2.75) is 39.3 Å². The van der Waals surface area contributed by atoms with Crippen LogP contribution in [0.15, 0.2) is 24.5 Å². The van der Waals surface area contributed by atoms with E-state index in [-0.39, 0.29) is 17.0 Å². The number of fused-ring (bicyclic) bond motifs is 2. The molecule has 6 rings (SSSR count). The van der Waals surface area contributed by atoms with Crippen molar-refractivity contribution in [3.05, 3.63) is 68.5 Å². The summed E-state index contributed by atoms with van der Waals surface area (Å²) in [6, 6.07) is 3.47. The van der Waals surface area contributed by atoms with Crippen molar-refractivity contribution < 1.29 is 14.3 Å². The summed E-state index contributed by atoms with van der Waals surface area (Å²) in [5.41, 5.74) is 5.93. The predicted molar refractivity (Wildman–Crippen MR) is 143 cm³/mol. The van der Waals surface area contributed by atoms with Crippen LogP contribution in [-0.2, 0) is 33.0 Å². The highest BCUT2D eigenvalue weighted by Gasteiger charge is 2.33. The van der Waals surface area contributed by atoms with Gasteiger partial charge in [-0.25, -0.2) is 9.97 Å². The van der Waals surface area contributed by atoms with Crippen molar-refractivity contribution in [2.24, 2.45) is 7.05 Å². The Morgan fingerprint density at radius 1 is 1.11 bits per heavy atom. The fourth-order valence-electron chi connectivity index (χ4n) is 5.09. The molecule has 0 saturated heterocycles. The lowest BCUT2D eigenvalue weighted by Gasteiger charge is -2.16. The van der Waals surface area contributed by atoms with Crippen LogP contribution in [0.25, 0.3) is 11.1 Å². The Bertz CT molecular complexity index is 1590. The Labute approximate surface area is 227 Å². The van der Waals surface area contributed by atoms with Crippen molar-refractivity contribution >= 4 is 39.9 Å². The fourth-order valence-corrected chi connectivity index (χ4v) is 6.23. The highest BCUT2D eigenvalue weighted by Crippen LogP contribution is 2.36. The van der Waals surface area contributed by atoms with Crippen LogP contribution in [0.2, 0.25) is 5.15 Å². The van der Waals surface area contributed by atoms with Crippen molar-refractivity contribution in [1.29, 1.82) is 0 Å². The van der Waals surface area contributed by atoms with Gasteiger partial charge in [-0.3, -0.25) is 24.6 Å². The van der Waals surface area contributed by atoms with Crippen LogP contribution in [0, 0.1) is 6.92 Å². The second-order valence-corrected chi connectivity index (χ2v) is 10.8. The van der Waals surface area contributed by atoms with Gasteiger partial charge in [0, 0.05) is 35.6 Å². The molecule has 0 atom stereocenters. The third-order valence-electron chi connectivity index (χ3n) is 6.86. The smallest absolute Gasteiger partial charge is 0.273 e. The van der Waals surface area contributed by atoms with Crippen molar-refractivity contribution in [2.75, 3.05) is 12.4 Å². The van der Waals surface area contributed by atoms with Gasteiger partial charge in [-0.05, 0) is 38.3 Å². The number of carbonyl (C=O) groups excluding carboxylic acids is 2. The quantitative estimate of drug-likeness (QED) is 0.371. The third-order valence-corrected chi connectivity index (χ3v) is 8.07. The summed E-state index contributed by atoms with van der Waals surface area (Å²) in [5, 5.41) is 8.19. The van der Waals surface area contributed by atoms with Gasteiger partial charge in [0.15, 0.2) is 5.13 Å². The van der Waals surface area contributed by atoms with Crippen molar-refractivity contribution in [3.8, 4) is 16.9 Å². The minimum atomic E-state index is -0.353. The number of aromatic nitrogens is 5. The summed E-state index contributed by atoms with van der Waals surface area (Å²) in [5.74, 6) is 0.110. The first-order valence-corrected chi connectivity index (χ1v) is 13.3. The molecule has 38 heavy (non-hydrogen) atoms. The minimum Gasteiger partial charge on any atom is -0.494 e. The highest BCUT2D eigenvalue weighted by atomic mass is 35.5. The normalized spacial score (nSPS) is 13.9. The summed E-state index contributed by atoms with van der Waals surface area (Å²) in [6.45, 7) is 2.69. The Morgan fingerprint density at radius 3 is 2.74 bits per heavy atom. The first-order chi connectivity index (χ1) is 18.3. The van der Waals surface area contributed by atoms with E-state index in [1.807, 2.05) is 20.0 Å². The highest BCUT2D eigenvalue weighted by molar-refractivity contribution is 7.16. The maximum Gasteiger partial charge on any atom is 0.273 e. The minimum absolute atomic E-state index is 0.0285. The number of amides is 2. The summed E-state index contributed by atoms with van der Waals surface area (Å²) in [7, 11) is 3.36. The van der Waals surface area contributed by atoms with E-state index in [0.717, 1.165) is 46.8 Å². The molecule has 10 nitrogen and oxygen atoms in total. The number of anilines is 1. The molecule has 194 valence electrons. The van der Waals surface area contributed by atoms with Gasteiger partial charge in [0.1, 0.15) is 16.6 Å². The zero-order chi connectivity index (χ0) is 26.6. The van der Waals surface area contributed by atoms with Gasteiger partial charge in [0.2, 0.25) is 0 Å². The number of thiazole rings is 1. The van der Waals surface area contributed by atoms with E-state index in [9.17, 15) is 9.59 Å². The molecule has 0 unspecified atom stereocenters. The number of rotatable bonds is 5. The molecule has 2 amide bonds. The molecule has 5 heterocycles. The van der Waals surface area contributed by atoms with Crippen LogP contribution >= 0.6 is 22.9 Å². The van der Waals surface area contributed by atoms with E-state index < -0.39 is 0 Å². The van der Waals surface area contributed by atoms with Gasteiger partial charge in [0.05, 0.1) is 48.2 Å². The van der Waals surface area contributed by atoms with Gasteiger partial charge in [-0.15, -0.1) is 0 Å². The summed E-state index contributed by atoms with van der Waals surface area (Å²) in [4.78, 5) is 42.4. The van der Waals surface area contributed by atoms with Crippen molar-refractivity contribution in [1.82, 2.24) is 29.6 Å². The summed E-state index contributed by atoms with van der Waals surface area (Å²) in [6.07, 6.45) is 5.90. The molecule has 0 radical (unpaired) electrons. The number of nitrogens with one attached hydrogen (secondary N) is 1. The second-order valence-electron chi connectivity index (χ2n) is 9.33. The Hall–Kier alpha value is -3.83. The number of aryl methyl sites for hydroxylation is 3. The Balaban J connectivity index is 1.22. The molecule has 0 aromatic carbocycles. The molecule has 0 bridgehead atoms. The molecule has 0 spiro atoms. The fraction of sp³-hybridized carbons (Fsp3) is 0.308. The van der Waals surface area contributed by atoms with Crippen LogP contribution in [0.3, 0.4) is 0 Å². The summed E-state index contributed by atoms with van der Waals surface area (Å²) < 4.78 is 7.16. The van der Waals surface area contributed by atoms with Gasteiger partial charge >= 0.3 is 0 Å². The van der Waals surface area contributed by atoms with E-state index in [1.165, 1.54) is 30.8 Å². The largest absolute Gasteiger partial charge is 0.494 e. The van der Waals surface area contributed by atoms with Crippen LogP contribution in [0.5, 0.6) is 5.75 Å². The van der Waals surface area contributed by atoms with Crippen LogP contribution < -0.4 is 10.1 Å². The van der Waals surface area contributed by atoms with E-state index in [2.05, 4.69) is 25.4 Å². The number of carbonyl (C=O) groups is 2. The number of methoxy groups -OCH3 is 1. The SMILES string of the molecule is COc1cnc(Cl)cc1-c1cc(C)ncc1C(=O)Nc1nc2c(s1)CN(C(=O)c1c3c(nn1C)CCC3)C2. The van der Waals surface area contributed by atoms with E-state index in [0.29, 0.717) is 46.4 Å². The van der Waals surface area contributed by atoms with Crippen LogP contribution in [-0.4, -0.2) is 48.6 Å². The average Bonchev–Trinajstić information content (AvgIpc) is 3.64. The van der Waals surface area contributed by atoms with Gasteiger partial charge in [-0.2, -0.15) is 5.10 Å². The number of hydrogen-bond acceptors (Lipinski definition) is 8. The number of hydrogen-bond donors (Lipinski definition) is 1. The van der Waals surface area contributed by atoms with Gasteiger partial charge < -0.3 is 9.64 Å². The van der Waals surface area contributed by atoms with Crippen LogP contribution in [0.4, 0.5) is 5.13 Å². The predicted octanol–water partition coefficient (Wildman–Crippen LogP) is 4.20. The lowest BCUT2D eigenvalue weighted by molar-refractivity contribution is 0.0738. The number of nitrogens with zero attached hydrogens (tertiary/aromatic N) is 6. The molecule has 2 aliphatic rings. The molecule has 0 saturated carbocycles. The molecule has 1 N–H and O–H groups in total. The molecule has 4 aromatic heterocycles.